The lowest BCUT2D eigenvalue weighted by Crippen LogP contribution is -2.61. The van der Waals surface area contributed by atoms with Crippen LogP contribution in [0.15, 0.2) is 0 Å². The lowest BCUT2D eigenvalue weighted by atomic mass is 9.57. The van der Waals surface area contributed by atoms with Crippen LogP contribution in [-0.2, 0) is 0 Å². The van der Waals surface area contributed by atoms with E-state index < -0.39 is 0 Å². The summed E-state index contributed by atoms with van der Waals surface area (Å²) in [6.07, 6.45) is 10.8. The van der Waals surface area contributed by atoms with Gasteiger partial charge in [0, 0.05) is 11.6 Å². The van der Waals surface area contributed by atoms with Crippen LogP contribution in [0.1, 0.15) is 65.2 Å². The molecule has 0 aliphatic heterocycles. The van der Waals surface area contributed by atoms with Gasteiger partial charge in [0.1, 0.15) is 0 Å². The van der Waals surface area contributed by atoms with Crippen LogP contribution in [0.4, 0.5) is 0 Å². The minimum Gasteiger partial charge on any atom is -0.394 e. The van der Waals surface area contributed by atoms with E-state index in [9.17, 15) is 5.11 Å². The van der Waals surface area contributed by atoms with Crippen molar-refractivity contribution in [3.05, 3.63) is 0 Å². The molecule has 2 nitrogen and oxygen atoms in total. The zero-order chi connectivity index (χ0) is 11.6. The number of hydrogen-bond acceptors (Lipinski definition) is 2. The lowest BCUT2D eigenvalue weighted by Gasteiger charge is -2.55. The molecule has 2 saturated carbocycles. The van der Waals surface area contributed by atoms with Gasteiger partial charge >= 0.3 is 0 Å². The average Bonchev–Trinajstić information content (AvgIpc) is 2.35. The first kappa shape index (κ1) is 12.4. The van der Waals surface area contributed by atoms with Gasteiger partial charge in [-0.3, -0.25) is 0 Å². The SMILES string of the molecule is CCC(C)(CO)NC1CCC12CCCCC2. The molecule has 2 heteroatoms. The summed E-state index contributed by atoms with van der Waals surface area (Å²) in [7, 11) is 0. The predicted octanol–water partition coefficient (Wildman–Crippen LogP) is 2.85. The van der Waals surface area contributed by atoms with Crippen molar-refractivity contribution < 1.29 is 5.11 Å². The van der Waals surface area contributed by atoms with Gasteiger partial charge in [-0.1, -0.05) is 26.2 Å². The fourth-order valence-corrected chi connectivity index (χ4v) is 3.46. The second kappa shape index (κ2) is 4.66. The van der Waals surface area contributed by atoms with Gasteiger partial charge in [0.2, 0.25) is 0 Å². The molecule has 0 heterocycles. The summed E-state index contributed by atoms with van der Waals surface area (Å²) < 4.78 is 0. The highest BCUT2D eigenvalue weighted by Gasteiger charge is 2.48. The number of aliphatic hydroxyl groups excluding tert-OH is 1. The molecule has 16 heavy (non-hydrogen) atoms. The number of hydrogen-bond donors (Lipinski definition) is 2. The predicted molar refractivity (Wildman–Crippen MR) is 67.5 cm³/mol. The number of nitrogens with one attached hydrogen (secondary N) is 1. The maximum atomic E-state index is 9.48. The van der Waals surface area contributed by atoms with Crippen molar-refractivity contribution in [2.75, 3.05) is 6.61 Å². The summed E-state index contributed by atoms with van der Waals surface area (Å²) in [5.74, 6) is 0. The smallest absolute Gasteiger partial charge is 0.0610 e. The first-order valence-electron chi connectivity index (χ1n) is 7.03. The summed E-state index contributed by atoms with van der Waals surface area (Å²) in [4.78, 5) is 0. The van der Waals surface area contributed by atoms with Crippen LogP contribution in [-0.4, -0.2) is 23.3 Å². The lowest BCUT2D eigenvalue weighted by molar-refractivity contribution is -0.00426. The fraction of sp³-hybridized carbons (Fsp3) is 1.00. The first-order valence-corrected chi connectivity index (χ1v) is 7.03. The summed E-state index contributed by atoms with van der Waals surface area (Å²) in [5.41, 5.74) is 0.541. The Hall–Kier alpha value is -0.0800. The van der Waals surface area contributed by atoms with Gasteiger partial charge in [0.25, 0.3) is 0 Å². The Kier molecular flexibility index (Phi) is 3.60. The zero-order valence-electron chi connectivity index (χ0n) is 10.9. The van der Waals surface area contributed by atoms with Crippen molar-refractivity contribution in [2.24, 2.45) is 5.41 Å². The van der Waals surface area contributed by atoms with E-state index >= 15 is 0 Å². The molecular weight excluding hydrogens is 198 g/mol. The Balaban J connectivity index is 1.95. The molecule has 0 aromatic rings. The van der Waals surface area contributed by atoms with E-state index in [2.05, 4.69) is 19.2 Å². The van der Waals surface area contributed by atoms with Gasteiger partial charge < -0.3 is 10.4 Å². The monoisotopic (exact) mass is 225 g/mol. The quantitative estimate of drug-likeness (QED) is 0.771. The molecule has 0 saturated heterocycles. The summed E-state index contributed by atoms with van der Waals surface area (Å²) in [6, 6.07) is 0.671. The van der Waals surface area contributed by atoms with Crippen LogP contribution in [0.25, 0.3) is 0 Å². The fourth-order valence-electron chi connectivity index (χ4n) is 3.46. The van der Waals surface area contributed by atoms with Crippen molar-refractivity contribution in [1.29, 1.82) is 0 Å². The largest absolute Gasteiger partial charge is 0.394 e. The molecule has 0 amide bonds. The van der Waals surface area contributed by atoms with Crippen molar-refractivity contribution >= 4 is 0 Å². The third-order valence-corrected chi connectivity index (χ3v) is 5.17. The van der Waals surface area contributed by atoms with Gasteiger partial charge in [-0.15, -0.1) is 0 Å². The molecule has 2 aliphatic carbocycles. The molecule has 2 rings (SSSR count). The molecule has 0 aromatic carbocycles. The van der Waals surface area contributed by atoms with Crippen LogP contribution in [0.5, 0.6) is 0 Å². The first-order chi connectivity index (χ1) is 7.64. The van der Waals surface area contributed by atoms with Crippen molar-refractivity contribution in [3.8, 4) is 0 Å². The molecule has 2 fully saturated rings. The van der Waals surface area contributed by atoms with E-state index in [0.717, 1.165) is 6.42 Å². The highest BCUT2D eigenvalue weighted by Crippen LogP contribution is 2.52. The highest BCUT2D eigenvalue weighted by molar-refractivity contribution is 5.04. The highest BCUT2D eigenvalue weighted by atomic mass is 16.3. The van der Waals surface area contributed by atoms with Gasteiger partial charge in [0.05, 0.1) is 6.61 Å². The number of aliphatic hydroxyl groups is 1. The van der Waals surface area contributed by atoms with Crippen molar-refractivity contribution in [3.63, 3.8) is 0 Å². The van der Waals surface area contributed by atoms with Crippen molar-refractivity contribution in [2.45, 2.75) is 76.8 Å². The minimum atomic E-state index is -0.0600. The van der Waals surface area contributed by atoms with Crippen LogP contribution in [0, 0.1) is 5.41 Å². The van der Waals surface area contributed by atoms with Crippen LogP contribution in [0.3, 0.4) is 0 Å². The van der Waals surface area contributed by atoms with Gasteiger partial charge in [0.15, 0.2) is 0 Å². The van der Waals surface area contributed by atoms with E-state index in [1.165, 1.54) is 44.9 Å². The maximum Gasteiger partial charge on any atom is 0.0610 e. The van der Waals surface area contributed by atoms with Gasteiger partial charge in [-0.2, -0.15) is 0 Å². The molecule has 2 aliphatic rings. The summed E-state index contributed by atoms with van der Waals surface area (Å²) in [6.45, 7) is 4.58. The molecule has 0 aromatic heterocycles. The van der Waals surface area contributed by atoms with E-state index in [-0.39, 0.29) is 12.1 Å². The standard InChI is InChI=1S/C14H27NO/c1-3-13(2,11-16)15-12-7-10-14(12)8-5-4-6-9-14/h12,15-16H,3-11H2,1-2H3. The maximum absolute atomic E-state index is 9.48. The molecule has 2 N–H and O–H groups in total. The van der Waals surface area contributed by atoms with Crippen LogP contribution in [0.2, 0.25) is 0 Å². The molecule has 1 spiro atoms. The van der Waals surface area contributed by atoms with Gasteiger partial charge in [-0.05, 0) is 44.4 Å². The number of rotatable bonds is 4. The van der Waals surface area contributed by atoms with Crippen LogP contribution >= 0.6 is 0 Å². The Morgan fingerprint density at radius 1 is 1.25 bits per heavy atom. The summed E-state index contributed by atoms with van der Waals surface area (Å²) in [5, 5.41) is 13.2. The Bertz CT molecular complexity index is 229. The molecule has 0 radical (unpaired) electrons. The normalized spacial score (nSPS) is 32.1. The molecule has 94 valence electrons. The molecule has 0 bridgehead atoms. The minimum absolute atomic E-state index is 0.0600. The Morgan fingerprint density at radius 2 is 1.94 bits per heavy atom. The van der Waals surface area contributed by atoms with Crippen LogP contribution < -0.4 is 5.32 Å². The second-order valence-electron chi connectivity index (χ2n) is 6.23. The molecular formula is C14H27NO. The average molecular weight is 225 g/mol. The third-order valence-electron chi connectivity index (χ3n) is 5.17. The van der Waals surface area contributed by atoms with E-state index in [0.29, 0.717) is 11.5 Å². The zero-order valence-corrected chi connectivity index (χ0v) is 10.9. The van der Waals surface area contributed by atoms with Gasteiger partial charge in [-0.25, -0.2) is 0 Å². The second-order valence-corrected chi connectivity index (χ2v) is 6.23. The topological polar surface area (TPSA) is 32.3 Å². The summed E-state index contributed by atoms with van der Waals surface area (Å²) >= 11 is 0. The Morgan fingerprint density at radius 3 is 2.38 bits per heavy atom. The van der Waals surface area contributed by atoms with Crippen molar-refractivity contribution in [1.82, 2.24) is 5.32 Å². The molecule has 2 atom stereocenters. The van der Waals surface area contributed by atoms with E-state index in [1.807, 2.05) is 0 Å². The van der Waals surface area contributed by atoms with E-state index in [1.54, 1.807) is 0 Å². The van der Waals surface area contributed by atoms with E-state index in [4.69, 9.17) is 0 Å². The third kappa shape index (κ3) is 2.14. The molecule has 2 unspecified atom stereocenters. The Labute approximate surface area is 99.8 Å².